The summed E-state index contributed by atoms with van der Waals surface area (Å²) in [5.74, 6) is -0.223. The first-order valence-corrected chi connectivity index (χ1v) is 12.9. The fraction of sp³-hybridized carbons (Fsp3) is 0.367. The Kier molecular flexibility index (Phi) is 8.04. The van der Waals surface area contributed by atoms with Crippen molar-refractivity contribution in [2.45, 2.75) is 58.5 Å². The van der Waals surface area contributed by atoms with E-state index in [0.717, 1.165) is 28.4 Å². The molecule has 0 fully saturated rings. The number of rotatable bonds is 11. The van der Waals surface area contributed by atoms with Crippen LogP contribution in [-0.4, -0.2) is 47.8 Å². The van der Waals surface area contributed by atoms with Gasteiger partial charge in [-0.2, -0.15) is 0 Å². The van der Waals surface area contributed by atoms with Gasteiger partial charge in [-0.3, -0.25) is 14.4 Å². The molecule has 3 aromatic carbocycles. The fourth-order valence-electron chi connectivity index (χ4n) is 4.77. The number of hydrogen-bond donors (Lipinski definition) is 1. The summed E-state index contributed by atoms with van der Waals surface area (Å²) in [5.41, 5.74) is 2.75. The molecule has 0 saturated heterocycles. The van der Waals surface area contributed by atoms with Crippen LogP contribution in [0.1, 0.15) is 56.0 Å². The summed E-state index contributed by atoms with van der Waals surface area (Å²) in [6.45, 7) is 6.70. The minimum absolute atomic E-state index is 0.0171. The maximum Gasteiger partial charge on any atom is 0.258 e. The van der Waals surface area contributed by atoms with Gasteiger partial charge in [0.25, 0.3) is 5.91 Å². The Bertz CT molecular complexity index is 1240. The first kappa shape index (κ1) is 25.4. The molecule has 36 heavy (non-hydrogen) atoms. The molecule has 4 rings (SSSR count). The molecule has 6 heteroatoms. The van der Waals surface area contributed by atoms with Crippen molar-refractivity contribution < 1.29 is 14.4 Å². The summed E-state index contributed by atoms with van der Waals surface area (Å²) in [6.07, 6.45) is 2.30. The molecule has 1 heterocycles. The maximum atomic E-state index is 13.4. The van der Waals surface area contributed by atoms with Gasteiger partial charge >= 0.3 is 0 Å². The van der Waals surface area contributed by atoms with Crippen LogP contribution in [-0.2, 0) is 16.0 Å². The highest BCUT2D eigenvalue weighted by atomic mass is 16.2. The normalized spacial score (nSPS) is 14.1. The van der Waals surface area contributed by atoms with Crippen LogP contribution in [0.15, 0.2) is 66.7 Å². The topological polar surface area (TPSA) is 69.7 Å². The van der Waals surface area contributed by atoms with Crippen LogP contribution in [0.25, 0.3) is 10.8 Å². The Morgan fingerprint density at radius 2 is 1.69 bits per heavy atom. The van der Waals surface area contributed by atoms with Gasteiger partial charge in [0.15, 0.2) is 0 Å². The van der Waals surface area contributed by atoms with Crippen molar-refractivity contribution in [2.24, 2.45) is 0 Å². The number of amides is 3. The van der Waals surface area contributed by atoms with E-state index >= 15 is 0 Å². The Morgan fingerprint density at radius 1 is 0.972 bits per heavy atom. The van der Waals surface area contributed by atoms with Gasteiger partial charge in [-0.1, -0.05) is 61.5 Å². The molecular formula is C30H35N3O3. The molecule has 2 unspecified atom stereocenters. The summed E-state index contributed by atoms with van der Waals surface area (Å²) < 4.78 is 0. The third-order valence-corrected chi connectivity index (χ3v) is 7.07. The zero-order chi connectivity index (χ0) is 25.7. The average Bonchev–Trinajstić information content (AvgIpc) is 3.17. The minimum Gasteiger partial charge on any atom is -0.352 e. The SMILES string of the molecule is CCC(C)NC(=O)C(C)N(CCc1ccccc1)C(=O)CCCN1C(=O)c2cccc3cccc1c23. The zero-order valence-corrected chi connectivity index (χ0v) is 21.4. The van der Waals surface area contributed by atoms with Crippen LogP contribution in [0.3, 0.4) is 0 Å². The van der Waals surface area contributed by atoms with Gasteiger partial charge in [0.2, 0.25) is 11.8 Å². The van der Waals surface area contributed by atoms with E-state index in [1.54, 1.807) is 16.7 Å². The molecule has 2 atom stereocenters. The van der Waals surface area contributed by atoms with E-state index in [9.17, 15) is 14.4 Å². The molecule has 0 aromatic heterocycles. The lowest BCUT2D eigenvalue weighted by Crippen LogP contribution is -2.50. The van der Waals surface area contributed by atoms with Gasteiger partial charge in [-0.05, 0) is 56.2 Å². The summed E-state index contributed by atoms with van der Waals surface area (Å²) in [6, 6.07) is 21.2. The van der Waals surface area contributed by atoms with E-state index in [2.05, 4.69) is 5.32 Å². The number of benzene rings is 3. The predicted molar refractivity (Wildman–Crippen MR) is 144 cm³/mol. The molecule has 0 spiro atoms. The predicted octanol–water partition coefficient (Wildman–Crippen LogP) is 4.95. The summed E-state index contributed by atoms with van der Waals surface area (Å²) in [5, 5.41) is 5.03. The highest BCUT2D eigenvalue weighted by molar-refractivity contribution is 6.25. The van der Waals surface area contributed by atoms with Crippen LogP contribution in [0.5, 0.6) is 0 Å². The van der Waals surface area contributed by atoms with Crippen LogP contribution >= 0.6 is 0 Å². The Labute approximate surface area is 213 Å². The molecule has 3 aromatic rings. The average molecular weight is 486 g/mol. The van der Waals surface area contributed by atoms with Crippen molar-refractivity contribution in [3.8, 4) is 0 Å². The molecule has 0 radical (unpaired) electrons. The highest BCUT2D eigenvalue weighted by Gasteiger charge is 2.30. The third kappa shape index (κ3) is 5.43. The molecule has 1 aliphatic heterocycles. The number of hydrogen-bond acceptors (Lipinski definition) is 3. The molecule has 0 bridgehead atoms. The Balaban J connectivity index is 1.42. The second-order valence-electron chi connectivity index (χ2n) is 9.56. The van der Waals surface area contributed by atoms with E-state index in [-0.39, 0.29) is 30.2 Å². The highest BCUT2D eigenvalue weighted by Crippen LogP contribution is 2.37. The molecule has 1 N–H and O–H groups in total. The van der Waals surface area contributed by atoms with E-state index in [4.69, 9.17) is 0 Å². The van der Waals surface area contributed by atoms with Gasteiger partial charge in [0.1, 0.15) is 6.04 Å². The Morgan fingerprint density at radius 3 is 2.42 bits per heavy atom. The lowest BCUT2D eigenvalue weighted by molar-refractivity contribution is -0.140. The van der Waals surface area contributed by atoms with Crippen molar-refractivity contribution in [3.63, 3.8) is 0 Å². The smallest absolute Gasteiger partial charge is 0.258 e. The molecule has 6 nitrogen and oxygen atoms in total. The van der Waals surface area contributed by atoms with Gasteiger partial charge in [-0.15, -0.1) is 0 Å². The molecular weight excluding hydrogens is 450 g/mol. The second kappa shape index (κ2) is 11.4. The van der Waals surface area contributed by atoms with Crippen molar-refractivity contribution >= 4 is 34.2 Å². The summed E-state index contributed by atoms with van der Waals surface area (Å²) in [4.78, 5) is 42.8. The van der Waals surface area contributed by atoms with E-state index in [0.29, 0.717) is 31.5 Å². The first-order chi connectivity index (χ1) is 17.4. The fourth-order valence-corrected chi connectivity index (χ4v) is 4.77. The molecule has 3 amide bonds. The lowest BCUT2D eigenvalue weighted by Gasteiger charge is -2.30. The largest absolute Gasteiger partial charge is 0.352 e. The van der Waals surface area contributed by atoms with Crippen molar-refractivity contribution in [1.82, 2.24) is 10.2 Å². The standard InChI is InChI=1S/C30H35N3O3/c1-4-21(2)31-29(35)22(3)32(20-18-23-11-6-5-7-12-23)27(34)17-10-19-33-26-16-9-14-24-13-8-15-25(28(24)26)30(33)36/h5-9,11-16,21-22H,4,10,17-20H2,1-3H3,(H,31,35). The first-order valence-electron chi connectivity index (χ1n) is 12.9. The quantitative estimate of drug-likeness (QED) is 0.418. The number of carbonyl (C=O) groups excluding carboxylic acids is 3. The second-order valence-corrected chi connectivity index (χ2v) is 9.56. The maximum absolute atomic E-state index is 13.4. The number of carbonyl (C=O) groups is 3. The van der Waals surface area contributed by atoms with E-state index in [1.807, 2.05) is 80.6 Å². The van der Waals surface area contributed by atoms with Crippen LogP contribution in [0.2, 0.25) is 0 Å². The van der Waals surface area contributed by atoms with E-state index in [1.165, 1.54) is 0 Å². The monoisotopic (exact) mass is 485 g/mol. The molecule has 1 aliphatic rings. The third-order valence-electron chi connectivity index (χ3n) is 7.07. The zero-order valence-electron chi connectivity index (χ0n) is 21.4. The van der Waals surface area contributed by atoms with Crippen LogP contribution in [0.4, 0.5) is 5.69 Å². The van der Waals surface area contributed by atoms with Gasteiger partial charge in [0, 0.05) is 36.5 Å². The van der Waals surface area contributed by atoms with E-state index < -0.39 is 6.04 Å². The lowest BCUT2D eigenvalue weighted by atomic mass is 10.1. The van der Waals surface area contributed by atoms with Gasteiger partial charge in [-0.25, -0.2) is 0 Å². The molecule has 0 saturated carbocycles. The number of anilines is 1. The Hall–Kier alpha value is -3.67. The van der Waals surface area contributed by atoms with Gasteiger partial charge in [0.05, 0.1) is 5.69 Å². The summed E-state index contributed by atoms with van der Waals surface area (Å²) >= 11 is 0. The summed E-state index contributed by atoms with van der Waals surface area (Å²) in [7, 11) is 0. The van der Waals surface area contributed by atoms with Crippen molar-refractivity contribution in [1.29, 1.82) is 0 Å². The van der Waals surface area contributed by atoms with Crippen LogP contribution < -0.4 is 10.2 Å². The van der Waals surface area contributed by atoms with Crippen molar-refractivity contribution in [2.75, 3.05) is 18.0 Å². The minimum atomic E-state index is -0.568. The molecule has 0 aliphatic carbocycles. The van der Waals surface area contributed by atoms with Gasteiger partial charge < -0.3 is 15.1 Å². The van der Waals surface area contributed by atoms with Crippen molar-refractivity contribution in [3.05, 3.63) is 77.9 Å². The number of nitrogens with one attached hydrogen (secondary N) is 1. The number of nitrogens with zero attached hydrogens (tertiary/aromatic N) is 2. The molecule has 188 valence electrons. The van der Waals surface area contributed by atoms with Crippen LogP contribution in [0, 0.1) is 0 Å².